The first kappa shape index (κ1) is 16.9. The van der Waals surface area contributed by atoms with Crippen molar-refractivity contribution in [1.29, 1.82) is 0 Å². The highest BCUT2D eigenvalue weighted by molar-refractivity contribution is 7.94. The Balaban J connectivity index is 1.54. The summed E-state index contributed by atoms with van der Waals surface area (Å²) in [5, 5.41) is 4.69. The molecule has 0 fully saturated rings. The van der Waals surface area contributed by atoms with E-state index in [0.717, 1.165) is 44.2 Å². The molecule has 0 saturated heterocycles. The van der Waals surface area contributed by atoms with Crippen LogP contribution < -0.4 is 10.0 Å². The van der Waals surface area contributed by atoms with Crippen LogP contribution in [0.15, 0.2) is 26.1 Å². The summed E-state index contributed by atoms with van der Waals surface area (Å²) in [4.78, 5) is 24.6. The third kappa shape index (κ3) is 2.78. The van der Waals surface area contributed by atoms with Gasteiger partial charge in [0.05, 0.1) is 6.42 Å². The summed E-state index contributed by atoms with van der Waals surface area (Å²) < 4.78 is 20.1. The van der Waals surface area contributed by atoms with Crippen molar-refractivity contribution in [3.8, 4) is 0 Å². The van der Waals surface area contributed by atoms with Crippen molar-refractivity contribution in [2.45, 2.75) is 49.2 Å². The van der Waals surface area contributed by atoms with E-state index in [1.54, 1.807) is 11.4 Å². The maximum absolute atomic E-state index is 13.2. The van der Waals surface area contributed by atoms with Gasteiger partial charge < -0.3 is 5.32 Å². The van der Waals surface area contributed by atoms with Crippen molar-refractivity contribution in [2.24, 2.45) is 4.36 Å². The summed E-state index contributed by atoms with van der Waals surface area (Å²) >= 11 is 1.26. The van der Waals surface area contributed by atoms with Gasteiger partial charge >= 0.3 is 6.03 Å². The number of carbonyl (C=O) groups is 2. The number of amides is 3. The Hall–Kier alpha value is -2.19. The minimum absolute atomic E-state index is 0.173. The molecule has 0 spiro atoms. The highest BCUT2D eigenvalue weighted by atomic mass is 32.2. The SMILES string of the molecule is O=C1Cc2ccsc2S(=O)(=NC(=O)Nc2c3c(cc4c2CCC4)CCC3)N1. The third-order valence-electron chi connectivity index (χ3n) is 5.48. The second kappa shape index (κ2) is 6.17. The summed E-state index contributed by atoms with van der Waals surface area (Å²) in [6.45, 7) is 0. The molecule has 3 aliphatic rings. The monoisotopic (exact) mass is 401 g/mol. The van der Waals surface area contributed by atoms with Gasteiger partial charge in [-0.15, -0.1) is 15.7 Å². The molecule has 27 heavy (non-hydrogen) atoms. The highest BCUT2D eigenvalue weighted by Crippen LogP contribution is 2.38. The first-order valence-corrected chi connectivity index (χ1v) is 11.5. The van der Waals surface area contributed by atoms with Gasteiger partial charge in [0.25, 0.3) is 0 Å². The molecule has 2 aromatic rings. The summed E-state index contributed by atoms with van der Waals surface area (Å²) in [7, 11) is -3.27. The predicted molar refractivity (Wildman–Crippen MR) is 105 cm³/mol. The molecule has 8 heteroatoms. The lowest BCUT2D eigenvalue weighted by atomic mass is 9.99. The van der Waals surface area contributed by atoms with E-state index >= 15 is 0 Å². The van der Waals surface area contributed by atoms with Crippen LogP contribution in [0.1, 0.15) is 40.7 Å². The summed E-state index contributed by atoms with van der Waals surface area (Å²) in [5.74, 6) is -0.371. The van der Waals surface area contributed by atoms with Crippen LogP contribution in [0.3, 0.4) is 0 Å². The van der Waals surface area contributed by atoms with Crippen LogP contribution in [-0.2, 0) is 46.8 Å². The van der Waals surface area contributed by atoms with Crippen molar-refractivity contribution in [3.05, 3.63) is 45.3 Å². The standard InChI is InChI=1S/C19H19N3O3S2/c23-16-10-13-7-8-26-18(13)27(25,21-16)22-19(24)20-17-14-5-1-3-11(14)9-12-4-2-6-15(12)17/h7-9H,1-6,10H2,(H2,20,21,22,23,24,25). The maximum atomic E-state index is 13.2. The first-order valence-electron chi connectivity index (χ1n) is 9.15. The topological polar surface area (TPSA) is 87.6 Å². The molecule has 2 N–H and O–H groups in total. The van der Waals surface area contributed by atoms with Gasteiger partial charge in [-0.25, -0.2) is 9.00 Å². The van der Waals surface area contributed by atoms with E-state index in [1.807, 2.05) is 0 Å². The van der Waals surface area contributed by atoms with Crippen LogP contribution >= 0.6 is 11.3 Å². The lowest BCUT2D eigenvalue weighted by Gasteiger charge is -2.18. The molecule has 1 aromatic heterocycles. The fraction of sp³-hybridized carbons (Fsp3) is 0.368. The Morgan fingerprint density at radius 1 is 1.11 bits per heavy atom. The average molecular weight is 402 g/mol. The van der Waals surface area contributed by atoms with E-state index in [0.29, 0.717) is 9.77 Å². The summed E-state index contributed by atoms with van der Waals surface area (Å²) in [5.41, 5.74) is 6.55. The maximum Gasteiger partial charge on any atom is 0.355 e. The van der Waals surface area contributed by atoms with Gasteiger partial charge in [-0.1, -0.05) is 6.07 Å². The average Bonchev–Trinajstić information content (AvgIpc) is 3.33. The third-order valence-corrected chi connectivity index (χ3v) is 8.88. The molecule has 1 aliphatic heterocycles. The number of thiophene rings is 1. The number of nitrogens with one attached hydrogen (secondary N) is 2. The van der Waals surface area contributed by atoms with Crippen molar-refractivity contribution >= 4 is 38.9 Å². The number of urea groups is 1. The number of hydrogen-bond donors (Lipinski definition) is 2. The largest absolute Gasteiger partial charge is 0.355 e. The number of carbonyl (C=O) groups excluding carboxylic acids is 2. The second-order valence-electron chi connectivity index (χ2n) is 7.22. The number of anilines is 1. The van der Waals surface area contributed by atoms with Gasteiger partial charge in [-0.05, 0) is 77.8 Å². The highest BCUT2D eigenvalue weighted by Gasteiger charge is 2.30. The number of hydrogen-bond acceptors (Lipinski definition) is 4. The van der Waals surface area contributed by atoms with Crippen LogP contribution in [0.4, 0.5) is 10.5 Å². The Labute approximate surface area is 161 Å². The Bertz CT molecular complexity index is 1080. The van der Waals surface area contributed by atoms with Crippen LogP contribution in [0, 0.1) is 0 Å². The van der Waals surface area contributed by atoms with E-state index in [4.69, 9.17) is 0 Å². The van der Waals surface area contributed by atoms with E-state index < -0.39 is 15.9 Å². The van der Waals surface area contributed by atoms with Crippen molar-refractivity contribution in [2.75, 3.05) is 5.32 Å². The predicted octanol–water partition coefficient (Wildman–Crippen LogP) is 3.37. The quantitative estimate of drug-likeness (QED) is 0.768. The number of nitrogens with zero attached hydrogens (tertiary/aromatic N) is 1. The smallest absolute Gasteiger partial charge is 0.305 e. The fourth-order valence-corrected chi connectivity index (χ4v) is 7.33. The van der Waals surface area contributed by atoms with Gasteiger partial charge in [0, 0.05) is 5.69 Å². The Morgan fingerprint density at radius 2 is 1.81 bits per heavy atom. The molecule has 0 radical (unpaired) electrons. The van der Waals surface area contributed by atoms with E-state index in [2.05, 4.69) is 20.5 Å². The summed E-state index contributed by atoms with van der Waals surface area (Å²) in [6.07, 6.45) is 6.31. The molecule has 0 saturated carbocycles. The van der Waals surface area contributed by atoms with Gasteiger partial charge in [0.2, 0.25) is 5.91 Å². The molecule has 1 unspecified atom stereocenters. The van der Waals surface area contributed by atoms with Gasteiger partial charge in [0.15, 0.2) is 9.92 Å². The van der Waals surface area contributed by atoms with Crippen molar-refractivity contribution in [3.63, 3.8) is 0 Å². The van der Waals surface area contributed by atoms with Crippen LogP contribution in [0.5, 0.6) is 0 Å². The van der Waals surface area contributed by atoms with Gasteiger partial charge in [0.1, 0.15) is 4.21 Å². The molecule has 5 rings (SSSR count). The molecular weight excluding hydrogens is 382 g/mol. The molecule has 6 nitrogen and oxygen atoms in total. The molecule has 3 amide bonds. The zero-order valence-electron chi connectivity index (χ0n) is 14.7. The van der Waals surface area contributed by atoms with Crippen molar-refractivity contribution < 1.29 is 13.8 Å². The van der Waals surface area contributed by atoms with Crippen molar-refractivity contribution in [1.82, 2.24) is 4.72 Å². The van der Waals surface area contributed by atoms with Gasteiger partial charge in [-0.3, -0.25) is 9.52 Å². The van der Waals surface area contributed by atoms with E-state index in [-0.39, 0.29) is 12.3 Å². The molecule has 0 bridgehead atoms. The van der Waals surface area contributed by atoms with E-state index in [1.165, 1.54) is 33.6 Å². The van der Waals surface area contributed by atoms with E-state index in [9.17, 15) is 13.8 Å². The van der Waals surface area contributed by atoms with Crippen LogP contribution in [-0.4, -0.2) is 16.1 Å². The Morgan fingerprint density at radius 3 is 2.52 bits per heavy atom. The number of aryl methyl sites for hydroxylation is 2. The van der Waals surface area contributed by atoms with Gasteiger partial charge in [-0.2, -0.15) is 0 Å². The Kier molecular flexibility index (Phi) is 3.87. The normalized spacial score (nSPS) is 22.6. The molecule has 1 atom stereocenters. The number of fused-ring (bicyclic) bond motifs is 3. The molecular formula is C19H19N3O3S2. The molecule has 140 valence electrons. The lowest BCUT2D eigenvalue weighted by Crippen LogP contribution is -2.36. The molecule has 2 heterocycles. The lowest BCUT2D eigenvalue weighted by molar-refractivity contribution is -0.118. The fourth-order valence-electron chi connectivity index (χ4n) is 4.38. The molecule has 2 aliphatic carbocycles. The zero-order valence-corrected chi connectivity index (χ0v) is 16.3. The van der Waals surface area contributed by atoms with Crippen LogP contribution in [0.25, 0.3) is 0 Å². The zero-order chi connectivity index (χ0) is 18.6. The molecule has 1 aromatic carbocycles. The minimum atomic E-state index is -3.27. The van der Waals surface area contributed by atoms with Crippen LogP contribution in [0.2, 0.25) is 0 Å². The first-order chi connectivity index (χ1) is 13.0. The number of rotatable bonds is 1. The second-order valence-corrected chi connectivity index (χ2v) is 10.2. The minimum Gasteiger partial charge on any atom is -0.305 e. The number of benzene rings is 1. The summed E-state index contributed by atoms with van der Waals surface area (Å²) in [6, 6.07) is 3.40.